The summed E-state index contributed by atoms with van der Waals surface area (Å²) < 4.78 is 0. The molecule has 98 valence electrons. The molecule has 0 saturated heterocycles. The molecule has 4 heteroatoms. The third kappa shape index (κ3) is 2.99. The van der Waals surface area contributed by atoms with Crippen molar-refractivity contribution >= 4 is 34.7 Å². The number of hydrogen-bond donors (Lipinski definition) is 1. The Bertz CT molecular complexity index is 463. The second-order valence-corrected chi connectivity index (χ2v) is 5.68. The van der Waals surface area contributed by atoms with Gasteiger partial charge in [0, 0.05) is 5.92 Å². The lowest BCUT2D eigenvalue weighted by Crippen LogP contribution is -2.25. The molecule has 1 saturated carbocycles. The van der Waals surface area contributed by atoms with Crippen LogP contribution in [-0.4, -0.2) is 5.84 Å². The van der Waals surface area contributed by atoms with E-state index in [2.05, 4.69) is 4.99 Å². The topological polar surface area (TPSA) is 38.4 Å². The molecule has 2 rings (SSSR count). The number of hydrogen-bond acceptors (Lipinski definition) is 1. The van der Waals surface area contributed by atoms with E-state index in [4.69, 9.17) is 28.9 Å². The zero-order valence-corrected chi connectivity index (χ0v) is 12.1. The maximum absolute atomic E-state index is 6.23. The van der Waals surface area contributed by atoms with E-state index in [1.807, 2.05) is 19.1 Å². The first-order valence-corrected chi connectivity index (χ1v) is 7.14. The molecule has 1 aliphatic carbocycles. The molecule has 0 aromatic heterocycles. The van der Waals surface area contributed by atoms with Crippen molar-refractivity contribution in [2.45, 2.75) is 39.0 Å². The fraction of sp³-hybridized carbons (Fsp3) is 0.500. The highest BCUT2D eigenvalue weighted by Crippen LogP contribution is 2.36. The van der Waals surface area contributed by atoms with E-state index in [0.717, 1.165) is 18.4 Å². The van der Waals surface area contributed by atoms with E-state index in [1.54, 1.807) is 0 Å². The summed E-state index contributed by atoms with van der Waals surface area (Å²) in [7, 11) is 0. The first-order chi connectivity index (χ1) is 8.59. The van der Waals surface area contributed by atoms with Gasteiger partial charge in [-0.05, 0) is 31.4 Å². The number of rotatable bonds is 2. The molecule has 1 fully saturated rings. The first-order valence-electron chi connectivity index (χ1n) is 6.38. The van der Waals surface area contributed by atoms with Crippen LogP contribution < -0.4 is 5.73 Å². The van der Waals surface area contributed by atoms with Crippen molar-refractivity contribution in [1.82, 2.24) is 0 Å². The molecule has 0 amide bonds. The smallest absolute Gasteiger partial charge is 0.103 e. The average molecular weight is 285 g/mol. The third-order valence-electron chi connectivity index (χ3n) is 3.52. The Morgan fingerprint density at radius 3 is 2.56 bits per heavy atom. The van der Waals surface area contributed by atoms with Gasteiger partial charge in [-0.15, -0.1) is 0 Å². The molecule has 0 heterocycles. The third-order valence-corrected chi connectivity index (χ3v) is 4.31. The molecule has 0 spiro atoms. The number of halogens is 2. The lowest BCUT2D eigenvalue weighted by molar-refractivity contribution is 0.437. The molecule has 2 nitrogen and oxygen atoms in total. The summed E-state index contributed by atoms with van der Waals surface area (Å²) in [6.07, 6.45) is 6.01. The highest BCUT2D eigenvalue weighted by Gasteiger charge is 2.18. The van der Waals surface area contributed by atoms with E-state index in [0.29, 0.717) is 27.5 Å². The SMILES string of the molecule is Cc1ccc(Cl)c(N=C(N)C2CCCCC2)c1Cl. The zero-order valence-electron chi connectivity index (χ0n) is 10.5. The fourth-order valence-corrected chi connectivity index (χ4v) is 2.82. The number of nitrogens with zero attached hydrogens (tertiary/aromatic N) is 1. The van der Waals surface area contributed by atoms with Crippen LogP contribution in [0.25, 0.3) is 0 Å². The van der Waals surface area contributed by atoms with E-state index >= 15 is 0 Å². The minimum atomic E-state index is 0.381. The standard InChI is InChI=1S/C14H18Cl2N2/c1-9-7-8-11(15)13(12(9)16)18-14(17)10-5-3-2-4-6-10/h7-8,10H,2-6H2,1H3,(H2,17,18). The predicted octanol–water partition coefficient (Wildman–Crippen LogP) is 4.87. The molecule has 1 aromatic carbocycles. The fourth-order valence-electron chi connectivity index (χ4n) is 2.36. The Morgan fingerprint density at radius 1 is 1.22 bits per heavy atom. The normalized spacial score (nSPS) is 18.1. The number of benzene rings is 1. The van der Waals surface area contributed by atoms with Crippen LogP contribution in [0, 0.1) is 12.8 Å². The second kappa shape index (κ2) is 5.94. The quantitative estimate of drug-likeness (QED) is 0.611. The molecule has 0 atom stereocenters. The van der Waals surface area contributed by atoms with E-state index in [1.165, 1.54) is 19.3 Å². The number of aliphatic imine (C=N–C) groups is 1. The lowest BCUT2D eigenvalue weighted by atomic mass is 9.88. The van der Waals surface area contributed by atoms with Gasteiger partial charge in [-0.3, -0.25) is 0 Å². The molecule has 1 aromatic rings. The van der Waals surface area contributed by atoms with E-state index < -0.39 is 0 Å². The molecule has 0 aliphatic heterocycles. The number of amidine groups is 1. The molecule has 1 aliphatic rings. The van der Waals surface area contributed by atoms with E-state index in [-0.39, 0.29) is 0 Å². The Labute approximate surface area is 118 Å². The van der Waals surface area contributed by atoms with Gasteiger partial charge in [0.05, 0.1) is 10.0 Å². The maximum atomic E-state index is 6.23. The van der Waals surface area contributed by atoms with Crippen molar-refractivity contribution in [3.63, 3.8) is 0 Å². The van der Waals surface area contributed by atoms with Crippen LogP contribution in [0.2, 0.25) is 10.0 Å². The highest BCUT2D eigenvalue weighted by molar-refractivity contribution is 6.39. The van der Waals surface area contributed by atoms with Gasteiger partial charge in [-0.1, -0.05) is 48.5 Å². The molecule has 2 N–H and O–H groups in total. The monoisotopic (exact) mass is 284 g/mol. The predicted molar refractivity (Wildman–Crippen MR) is 79.1 cm³/mol. The summed E-state index contributed by atoms with van der Waals surface area (Å²) in [5, 5.41) is 1.16. The molecule has 18 heavy (non-hydrogen) atoms. The van der Waals surface area contributed by atoms with Gasteiger partial charge >= 0.3 is 0 Å². The van der Waals surface area contributed by atoms with Gasteiger partial charge in [0.25, 0.3) is 0 Å². The summed E-state index contributed by atoms with van der Waals surface area (Å²) >= 11 is 12.4. The van der Waals surface area contributed by atoms with Gasteiger partial charge in [0.2, 0.25) is 0 Å². The lowest BCUT2D eigenvalue weighted by Gasteiger charge is -2.21. The summed E-state index contributed by atoms with van der Waals surface area (Å²) in [5.41, 5.74) is 7.68. The summed E-state index contributed by atoms with van der Waals surface area (Å²) in [4.78, 5) is 4.47. The van der Waals surface area contributed by atoms with Crippen molar-refractivity contribution < 1.29 is 0 Å². The van der Waals surface area contributed by atoms with Gasteiger partial charge < -0.3 is 5.73 Å². The average Bonchev–Trinajstić information content (AvgIpc) is 2.40. The van der Waals surface area contributed by atoms with Crippen molar-refractivity contribution in [3.05, 3.63) is 27.7 Å². The largest absolute Gasteiger partial charge is 0.387 e. The molecular formula is C14H18Cl2N2. The first kappa shape index (κ1) is 13.7. The number of nitrogens with two attached hydrogens (primary N) is 1. The molecule has 0 bridgehead atoms. The van der Waals surface area contributed by atoms with Crippen LogP contribution in [0.1, 0.15) is 37.7 Å². The van der Waals surface area contributed by atoms with Crippen LogP contribution in [0.4, 0.5) is 5.69 Å². The van der Waals surface area contributed by atoms with Crippen LogP contribution >= 0.6 is 23.2 Å². The molecular weight excluding hydrogens is 267 g/mol. The summed E-state index contributed by atoms with van der Waals surface area (Å²) in [5.74, 6) is 1.05. The Morgan fingerprint density at radius 2 is 1.89 bits per heavy atom. The van der Waals surface area contributed by atoms with Gasteiger partial charge in [-0.25, -0.2) is 4.99 Å². The van der Waals surface area contributed by atoms with E-state index in [9.17, 15) is 0 Å². The molecule has 0 unspecified atom stereocenters. The zero-order chi connectivity index (χ0) is 13.1. The summed E-state index contributed by atoms with van der Waals surface area (Å²) in [6, 6.07) is 3.70. The maximum Gasteiger partial charge on any atom is 0.103 e. The van der Waals surface area contributed by atoms with Gasteiger partial charge in [0.15, 0.2) is 0 Å². The second-order valence-electron chi connectivity index (χ2n) is 4.90. The van der Waals surface area contributed by atoms with Crippen molar-refractivity contribution in [2.75, 3.05) is 0 Å². The van der Waals surface area contributed by atoms with Crippen LogP contribution in [0.15, 0.2) is 17.1 Å². The van der Waals surface area contributed by atoms with Crippen LogP contribution in [-0.2, 0) is 0 Å². The van der Waals surface area contributed by atoms with Crippen molar-refractivity contribution in [2.24, 2.45) is 16.6 Å². The van der Waals surface area contributed by atoms with Crippen molar-refractivity contribution in [1.29, 1.82) is 0 Å². The van der Waals surface area contributed by atoms with Gasteiger partial charge in [0.1, 0.15) is 11.5 Å². The van der Waals surface area contributed by atoms with Gasteiger partial charge in [-0.2, -0.15) is 0 Å². The molecule has 0 radical (unpaired) electrons. The minimum Gasteiger partial charge on any atom is -0.387 e. The minimum absolute atomic E-state index is 0.381. The Kier molecular flexibility index (Phi) is 4.52. The highest BCUT2D eigenvalue weighted by atomic mass is 35.5. The number of aryl methyl sites for hydroxylation is 1. The van der Waals surface area contributed by atoms with Crippen LogP contribution in [0.3, 0.4) is 0 Å². The van der Waals surface area contributed by atoms with Crippen LogP contribution in [0.5, 0.6) is 0 Å². The Hall–Kier alpha value is -0.730. The Balaban J connectivity index is 2.29. The van der Waals surface area contributed by atoms with Crippen molar-refractivity contribution in [3.8, 4) is 0 Å². The summed E-state index contributed by atoms with van der Waals surface area (Å²) in [6.45, 7) is 1.94.